The first kappa shape index (κ1) is 17.7. The summed E-state index contributed by atoms with van der Waals surface area (Å²) in [5, 5.41) is 6.41. The van der Waals surface area contributed by atoms with Crippen molar-refractivity contribution in [3.05, 3.63) is 105 Å². The Balaban J connectivity index is 1.54. The molecule has 0 aliphatic carbocycles. The molecule has 1 aromatic heterocycles. The van der Waals surface area contributed by atoms with Gasteiger partial charge in [0.05, 0.1) is 6.54 Å². The van der Waals surface area contributed by atoms with Gasteiger partial charge in [0, 0.05) is 0 Å². The molecule has 0 fully saturated rings. The maximum atomic E-state index is 12.1. The topological polar surface area (TPSA) is 77.0 Å². The van der Waals surface area contributed by atoms with Gasteiger partial charge in [0.2, 0.25) is 0 Å². The first-order valence-electron chi connectivity index (χ1n) is 9.05. The fraction of sp³-hybridized carbons (Fsp3) is 0.136. The minimum absolute atomic E-state index is 0.110. The molecule has 0 saturated carbocycles. The van der Waals surface area contributed by atoms with Crippen molar-refractivity contribution in [2.24, 2.45) is 0 Å². The number of aromatic nitrogens is 3. The van der Waals surface area contributed by atoms with Crippen LogP contribution in [-0.2, 0) is 19.6 Å². The standard InChI is InChI=1S/C22H19N3O3/c26-20-21(28-15-16-7-2-1-3-8-16)24-25(22(27)23-20)14-13-18-11-6-10-17-9-4-5-12-19(17)18/h1-12H,13-15H2,(H,23,26,27). The van der Waals surface area contributed by atoms with Crippen LogP contribution in [0.5, 0.6) is 5.88 Å². The maximum absolute atomic E-state index is 12.1. The fourth-order valence-electron chi connectivity index (χ4n) is 3.12. The molecule has 0 radical (unpaired) electrons. The summed E-state index contributed by atoms with van der Waals surface area (Å²) < 4.78 is 6.77. The lowest BCUT2D eigenvalue weighted by Gasteiger charge is -2.09. The van der Waals surface area contributed by atoms with Gasteiger partial charge in [-0.25, -0.2) is 9.48 Å². The highest BCUT2D eigenvalue weighted by Gasteiger charge is 2.09. The van der Waals surface area contributed by atoms with Gasteiger partial charge in [0.1, 0.15) is 6.61 Å². The van der Waals surface area contributed by atoms with Gasteiger partial charge in [-0.1, -0.05) is 72.8 Å². The molecule has 0 atom stereocenters. The van der Waals surface area contributed by atoms with Gasteiger partial charge in [-0.15, -0.1) is 5.10 Å². The highest BCUT2D eigenvalue weighted by atomic mass is 16.5. The zero-order valence-corrected chi connectivity index (χ0v) is 15.2. The van der Waals surface area contributed by atoms with E-state index in [2.05, 4.69) is 28.3 Å². The van der Waals surface area contributed by atoms with Crippen LogP contribution in [0.15, 0.2) is 82.4 Å². The second-order valence-corrected chi connectivity index (χ2v) is 6.45. The van der Waals surface area contributed by atoms with Crippen molar-refractivity contribution in [2.45, 2.75) is 19.6 Å². The summed E-state index contributed by atoms with van der Waals surface area (Å²) in [4.78, 5) is 26.4. The molecule has 0 unspecified atom stereocenters. The predicted molar refractivity (Wildman–Crippen MR) is 108 cm³/mol. The van der Waals surface area contributed by atoms with Crippen LogP contribution in [-0.4, -0.2) is 14.8 Å². The molecule has 4 aromatic rings. The number of nitrogens with zero attached hydrogens (tertiary/aromatic N) is 2. The van der Waals surface area contributed by atoms with Gasteiger partial charge in [-0.2, -0.15) is 0 Å². The Hall–Kier alpha value is -3.67. The Bertz CT molecular complexity index is 1210. The Morgan fingerprint density at radius 3 is 2.50 bits per heavy atom. The summed E-state index contributed by atoms with van der Waals surface area (Å²) in [6.07, 6.45) is 0.610. The van der Waals surface area contributed by atoms with Crippen LogP contribution in [0.25, 0.3) is 10.8 Å². The van der Waals surface area contributed by atoms with Crippen molar-refractivity contribution < 1.29 is 4.74 Å². The van der Waals surface area contributed by atoms with Gasteiger partial charge in [0.15, 0.2) is 0 Å². The third-order valence-corrected chi connectivity index (χ3v) is 4.55. The average molecular weight is 373 g/mol. The number of benzene rings is 3. The zero-order chi connectivity index (χ0) is 19.3. The van der Waals surface area contributed by atoms with E-state index in [1.54, 1.807) is 0 Å². The highest BCUT2D eigenvalue weighted by Crippen LogP contribution is 2.19. The lowest BCUT2D eigenvalue weighted by Crippen LogP contribution is -2.33. The van der Waals surface area contributed by atoms with E-state index in [0.29, 0.717) is 13.0 Å². The first-order chi connectivity index (χ1) is 13.7. The zero-order valence-electron chi connectivity index (χ0n) is 15.2. The minimum Gasteiger partial charge on any atom is -0.468 e. The number of H-pyrrole nitrogens is 1. The Morgan fingerprint density at radius 1 is 0.893 bits per heavy atom. The predicted octanol–water partition coefficient (Wildman–Crippen LogP) is 2.91. The van der Waals surface area contributed by atoms with Crippen LogP contribution in [0.4, 0.5) is 0 Å². The van der Waals surface area contributed by atoms with Crippen molar-refractivity contribution in [3.8, 4) is 5.88 Å². The van der Waals surface area contributed by atoms with Gasteiger partial charge < -0.3 is 4.74 Å². The number of nitrogens with one attached hydrogen (secondary N) is 1. The number of hydrogen-bond acceptors (Lipinski definition) is 4. The van der Waals surface area contributed by atoms with Gasteiger partial charge >= 0.3 is 11.2 Å². The van der Waals surface area contributed by atoms with Gasteiger partial charge in [-0.05, 0) is 28.3 Å². The van der Waals surface area contributed by atoms with E-state index in [4.69, 9.17) is 4.74 Å². The highest BCUT2D eigenvalue weighted by molar-refractivity contribution is 5.85. The number of aryl methyl sites for hydroxylation is 2. The summed E-state index contributed by atoms with van der Waals surface area (Å²) in [6, 6.07) is 23.7. The minimum atomic E-state index is -0.623. The Morgan fingerprint density at radius 2 is 1.64 bits per heavy atom. The first-order valence-corrected chi connectivity index (χ1v) is 9.05. The molecule has 0 spiro atoms. The number of aromatic amines is 1. The molecular weight excluding hydrogens is 354 g/mol. The summed E-state index contributed by atoms with van der Waals surface area (Å²) in [5.74, 6) is -0.110. The molecule has 1 N–H and O–H groups in total. The number of hydrogen-bond donors (Lipinski definition) is 1. The molecule has 3 aromatic carbocycles. The second kappa shape index (κ2) is 7.92. The number of rotatable bonds is 6. The van der Waals surface area contributed by atoms with Crippen LogP contribution >= 0.6 is 0 Å². The Labute approximate surface area is 161 Å². The van der Waals surface area contributed by atoms with E-state index in [0.717, 1.165) is 21.9 Å². The van der Waals surface area contributed by atoms with Crippen molar-refractivity contribution in [2.75, 3.05) is 0 Å². The van der Waals surface area contributed by atoms with Crippen molar-refractivity contribution >= 4 is 10.8 Å². The summed E-state index contributed by atoms with van der Waals surface area (Å²) in [5.41, 5.74) is 0.863. The molecule has 0 amide bonds. The summed E-state index contributed by atoms with van der Waals surface area (Å²) >= 11 is 0. The third kappa shape index (κ3) is 3.86. The molecule has 6 nitrogen and oxygen atoms in total. The Kier molecular flexibility index (Phi) is 5.01. The molecule has 6 heteroatoms. The van der Waals surface area contributed by atoms with E-state index in [-0.39, 0.29) is 12.5 Å². The van der Waals surface area contributed by atoms with Crippen molar-refractivity contribution in [1.82, 2.24) is 14.8 Å². The van der Waals surface area contributed by atoms with E-state index in [1.165, 1.54) is 4.68 Å². The van der Waals surface area contributed by atoms with Crippen LogP contribution < -0.4 is 16.0 Å². The molecule has 0 aliphatic rings. The molecule has 1 heterocycles. The third-order valence-electron chi connectivity index (χ3n) is 4.55. The maximum Gasteiger partial charge on any atom is 0.344 e. The van der Waals surface area contributed by atoms with E-state index >= 15 is 0 Å². The lowest BCUT2D eigenvalue weighted by atomic mass is 10.0. The largest absolute Gasteiger partial charge is 0.468 e. The number of fused-ring (bicyclic) bond motifs is 1. The summed E-state index contributed by atoms with van der Waals surface area (Å²) in [7, 11) is 0. The van der Waals surface area contributed by atoms with E-state index in [9.17, 15) is 9.59 Å². The van der Waals surface area contributed by atoms with E-state index < -0.39 is 11.2 Å². The van der Waals surface area contributed by atoms with Crippen LogP contribution in [0.2, 0.25) is 0 Å². The smallest absolute Gasteiger partial charge is 0.344 e. The van der Waals surface area contributed by atoms with Crippen LogP contribution in [0.3, 0.4) is 0 Å². The average Bonchev–Trinajstić information content (AvgIpc) is 2.73. The van der Waals surface area contributed by atoms with Gasteiger partial charge in [-0.3, -0.25) is 9.78 Å². The normalized spacial score (nSPS) is 10.9. The summed E-state index contributed by atoms with van der Waals surface area (Å²) in [6.45, 7) is 0.545. The lowest BCUT2D eigenvalue weighted by molar-refractivity contribution is 0.275. The number of ether oxygens (including phenoxy) is 1. The van der Waals surface area contributed by atoms with E-state index in [1.807, 2.05) is 54.6 Å². The molecule has 140 valence electrons. The molecular formula is C22H19N3O3. The SMILES string of the molecule is O=c1[nH]c(=O)n(CCc2cccc3ccccc23)nc1OCc1ccccc1. The molecule has 0 bridgehead atoms. The van der Waals surface area contributed by atoms with Crippen LogP contribution in [0.1, 0.15) is 11.1 Å². The quantitative estimate of drug-likeness (QED) is 0.564. The second-order valence-electron chi connectivity index (χ2n) is 6.45. The molecule has 0 saturated heterocycles. The van der Waals surface area contributed by atoms with Crippen molar-refractivity contribution in [3.63, 3.8) is 0 Å². The van der Waals surface area contributed by atoms with Crippen LogP contribution in [0, 0.1) is 0 Å². The monoisotopic (exact) mass is 373 g/mol. The fourth-order valence-corrected chi connectivity index (χ4v) is 3.12. The van der Waals surface area contributed by atoms with Gasteiger partial charge in [0.25, 0.3) is 5.88 Å². The molecule has 28 heavy (non-hydrogen) atoms. The van der Waals surface area contributed by atoms with Crippen molar-refractivity contribution in [1.29, 1.82) is 0 Å². The molecule has 4 rings (SSSR count). The molecule has 0 aliphatic heterocycles.